The van der Waals surface area contributed by atoms with E-state index in [0.29, 0.717) is 23.0 Å². The second-order valence-electron chi connectivity index (χ2n) is 5.90. The van der Waals surface area contributed by atoms with Crippen LogP contribution in [0.1, 0.15) is 49.7 Å². The molecule has 0 aliphatic carbocycles. The molecule has 0 fully saturated rings. The molecule has 0 aliphatic rings. The lowest BCUT2D eigenvalue weighted by molar-refractivity contribution is 0.102. The summed E-state index contributed by atoms with van der Waals surface area (Å²) in [7, 11) is 3.04. The van der Waals surface area contributed by atoms with E-state index in [-0.39, 0.29) is 11.3 Å². The van der Waals surface area contributed by atoms with E-state index in [1.807, 2.05) is 0 Å². The minimum Gasteiger partial charge on any atom is -0.496 e. The molecule has 0 saturated heterocycles. The molecule has 0 unspecified atom stereocenters. The van der Waals surface area contributed by atoms with Gasteiger partial charge in [-0.3, -0.25) is 10.1 Å². The Balaban J connectivity index is 2.27. The summed E-state index contributed by atoms with van der Waals surface area (Å²) in [6, 6.07) is 5.21. The fourth-order valence-corrected chi connectivity index (χ4v) is 2.57. The van der Waals surface area contributed by atoms with Crippen LogP contribution in [0.2, 0.25) is 0 Å². The first-order valence-corrected chi connectivity index (χ1v) is 8.06. The maximum Gasteiger partial charge on any atom is 0.265 e. The molecule has 6 nitrogen and oxygen atoms in total. The Morgan fingerprint density at radius 3 is 2.29 bits per heavy atom. The van der Waals surface area contributed by atoms with Crippen LogP contribution >= 0.6 is 0 Å². The minimum atomic E-state index is -0.333. The van der Waals surface area contributed by atoms with Crippen molar-refractivity contribution in [3.63, 3.8) is 0 Å². The number of amides is 1. The number of aromatic nitrogens is 2. The van der Waals surface area contributed by atoms with Crippen LogP contribution in [0.3, 0.4) is 0 Å². The second kappa shape index (κ2) is 7.38. The molecule has 0 atom stereocenters. The summed E-state index contributed by atoms with van der Waals surface area (Å²) in [5.74, 6) is 0.979. The average Bonchev–Trinajstić information content (AvgIpc) is 3.09. The molecule has 0 spiro atoms. The van der Waals surface area contributed by atoms with Gasteiger partial charge in [0, 0.05) is 11.1 Å². The van der Waals surface area contributed by atoms with Crippen LogP contribution in [0.5, 0.6) is 11.5 Å². The number of ether oxygens (including phenoxy) is 2. The van der Waals surface area contributed by atoms with E-state index in [4.69, 9.17) is 9.47 Å². The van der Waals surface area contributed by atoms with Gasteiger partial charge in [0.15, 0.2) is 0 Å². The zero-order chi connectivity index (χ0) is 17.7. The molecule has 1 heterocycles. The van der Waals surface area contributed by atoms with Gasteiger partial charge in [-0.2, -0.15) is 0 Å². The third-order valence-corrected chi connectivity index (χ3v) is 4.67. The first-order chi connectivity index (χ1) is 11.5. The van der Waals surface area contributed by atoms with Crippen LogP contribution in [0, 0.1) is 0 Å². The number of nitrogens with zero attached hydrogens (tertiary/aromatic N) is 1. The van der Waals surface area contributed by atoms with Crippen molar-refractivity contribution in [3.05, 3.63) is 35.7 Å². The molecule has 1 amide bonds. The first kappa shape index (κ1) is 17.8. The summed E-state index contributed by atoms with van der Waals surface area (Å²) in [6.07, 6.45) is 3.75. The van der Waals surface area contributed by atoms with Gasteiger partial charge in [-0.15, -0.1) is 0 Å². The first-order valence-electron chi connectivity index (χ1n) is 8.06. The predicted octanol–water partition coefficient (Wildman–Crippen LogP) is 3.76. The van der Waals surface area contributed by atoms with E-state index in [1.165, 1.54) is 14.2 Å². The summed E-state index contributed by atoms with van der Waals surface area (Å²) in [4.78, 5) is 20.1. The van der Waals surface area contributed by atoms with E-state index in [0.717, 1.165) is 18.5 Å². The van der Waals surface area contributed by atoms with Gasteiger partial charge in [0.05, 0.1) is 20.4 Å². The standard InChI is InChI=1S/C18H25N3O3/c1-6-18(3,7-2)14-11-19-17(20-14)21-16(22)15-12(23-4)9-8-10-13(15)24-5/h8-11H,6-7H2,1-5H3,(H2,19,20,21,22). The topological polar surface area (TPSA) is 76.2 Å². The van der Waals surface area contributed by atoms with Crippen LogP contribution < -0.4 is 14.8 Å². The number of H-pyrrole nitrogens is 1. The van der Waals surface area contributed by atoms with Crippen molar-refractivity contribution >= 4 is 11.9 Å². The normalized spacial score (nSPS) is 11.2. The highest BCUT2D eigenvalue weighted by atomic mass is 16.5. The minimum absolute atomic E-state index is 0.0120. The number of nitrogens with one attached hydrogen (secondary N) is 2. The molecule has 1 aromatic heterocycles. The zero-order valence-electron chi connectivity index (χ0n) is 14.9. The number of imidazole rings is 1. The second-order valence-corrected chi connectivity index (χ2v) is 5.90. The molecule has 130 valence electrons. The summed E-state index contributed by atoms with van der Waals surface area (Å²) < 4.78 is 10.5. The van der Waals surface area contributed by atoms with E-state index in [9.17, 15) is 4.79 Å². The number of hydrogen-bond donors (Lipinski definition) is 2. The van der Waals surface area contributed by atoms with Crippen molar-refractivity contribution in [3.8, 4) is 11.5 Å². The number of anilines is 1. The van der Waals surface area contributed by atoms with Crippen LogP contribution in [-0.2, 0) is 5.41 Å². The molecule has 6 heteroatoms. The maximum atomic E-state index is 12.6. The van der Waals surface area contributed by atoms with Crippen molar-refractivity contribution in [1.82, 2.24) is 9.97 Å². The number of rotatable bonds is 7. The Hall–Kier alpha value is -2.50. The molecule has 1 aromatic carbocycles. The predicted molar refractivity (Wildman–Crippen MR) is 94.0 cm³/mol. The summed E-state index contributed by atoms with van der Waals surface area (Å²) in [5.41, 5.74) is 1.36. The van der Waals surface area contributed by atoms with Crippen LogP contribution in [-0.4, -0.2) is 30.1 Å². The molecule has 0 aliphatic heterocycles. The Bertz CT molecular complexity index is 683. The number of hydrogen-bond acceptors (Lipinski definition) is 4. The number of methoxy groups -OCH3 is 2. The molecule has 0 saturated carbocycles. The molecule has 0 radical (unpaired) electrons. The van der Waals surface area contributed by atoms with E-state index < -0.39 is 0 Å². The van der Waals surface area contributed by atoms with Crippen molar-refractivity contribution in [2.45, 2.75) is 39.0 Å². The summed E-state index contributed by atoms with van der Waals surface area (Å²) in [6.45, 7) is 6.46. The fraction of sp³-hybridized carbons (Fsp3) is 0.444. The highest BCUT2D eigenvalue weighted by Crippen LogP contribution is 2.31. The monoisotopic (exact) mass is 331 g/mol. The number of benzene rings is 1. The van der Waals surface area contributed by atoms with Gasteiger partial charge in [0.25, 0.3) is 5.91 Å². The molecule has 0 bridgehead atoms. The molecule has 2 rings (SSSR count). The maximum absolute atomic E-state index is 12.6. The highest BCUT2D eigenvalue weighted by molar-refractivity contribution is 6.07. The van der Waals surface area contributed by atoms with Gasteiger partial charge in [-0.1, -0.05) is 26.8 Å². The molecular formula is C18H25N3O3. The zero-order valence-corrected chi connectivity index (χ0v) is 14.9. The quantitative estimate of drug-likeness (QED) is 0.810. The highest BCUT2D eigenvalue weighted by Gasteiger charge is 2.25. The largest absolute Gasteiger partial charge is 0.496 e. The van der Waals surface area contributed by atoms with Gasteiger partial charge in [0.2, 0.25) is 5.95 Å². The molecular weight excluding hydrogens is 306 g/mol. The van der Waals surface area contributed by atoms with E-state index in [1.54, 1.807) is 24.4 Å². The number of carbonyl (C=O) groups is 1. The SMILES string of the molecule is CCC(C)(CC)c1cnc(NC(=O)c2c(OC)cccc2OC)[nH]1. The lowest BCUT2D eigenvalue weighted by atomic mass is 9.82. The van der Waals surface area contributed by atoms with Crippen molar-refractivity contribution in [2.75, 3.05) is 19.5 Å². The van der Waals surface area contributed by atoms with E-state index >= 15 is 0 Å². The Labute approximate surface area is 142 Å². The third-order valence-electron chi connectivity index (χ3n) is 4.67. The smallest absolute Gasteiger partial charge is 0.265 e. The Morgan fingerprint density at radius 2 is 1.79 bits per heavy atom. The van der Waals surface area contributed by atoms with Crippen molar-refractivity contribution in [1.29, 1.82) is 0 Å². The van der Waals surface area contributed by atoms with Gasteiger partial charge < -0.3 is 14.5 Å². The summed E-state index contributed by atoms with van der Waals surface area (Å²) >= 11 is 0. The number of carbonyl (C=O) groups excluding carboxylic acids is 1. The fourth-order valence-electron chi connectivity index (χ4n) is 2.57. The van der Waals surface area contributed by atoms with Gasteiger partial charge >= 0.3 is 0 Å². The van der Waals surface area contributed by atoms with Crippen LogP contribution in [0.4, 0.5) is 5.95 Å². The third kappa shape index (κ3) is 3.37. The van der Waals surface area contributed by atoms with E-state index in [2.05, 4.69) is 36.1 Å². The van der Waals surface area contributed by atoms with Crippen molar-refractivity contribution in [2.24, 2.45) is 0 Å². The summed E-state index contributed by atoms with van der Waals surface area (Å²) in [5, 5.41) is 2.78. The molecule has 2 aromatic rings. The Morgan fingerprint density at radius 1 is 1.21 bits per heavy atom. The van der Waals surface area contributed by atoms with Gasteiger partial charge in [0.1, 0.15) is 17.1 Å². The molecule has 24 heavy (non-hydrogen) atoms. The lowest BCUT2D eigenvalue weighted by Crippen LogP contribution is -2.20. The lowest BCUT2D eigenvalue weighted by Gasteiger charge is -2.24. The van der Waals surface area contributed by atoms with Crippen LogP contribution in [0.25, 0.3) is 0 Å². The van der Waals surface area contributed by atoms with Crippen LogP contribution in [0.15, 0.2) is 24.4 Å². The molecule has 2 N–H and O–H groups in total. The van der Waals surface area contributed by atoms with Gasteiger partial charge in [-0.05, 0) is 25.0 Å². The number of aromatic amines is 1. The average molecular weight is 331 g/mol. The Kier molecular flexibility index (Phi) is 5.49. The van der Waals surface area contributed by atoms with Crippen molar-refractivity contribution < 1.29 is 14.3 Å². The van der Waals surface area contributed by atoms with Gasteiger partial charge in [-0.25, -0.2) is 4.98 Å².